The zero-order valence-corrected chi connectivity index (χ0v) is 10.2. The van der Waals surface area contributed by atoms with Crippen LogP contribution >= 0.6 is 0 Å². The fraction of sp³-hybridized carbons (Fsp3) is 0.727. The molecule has 0 spiro atoms. The highest BCUT2D eigenvalue weighted by Crippen LogP contribution is 2.28. The maximum absolute atomic E-state index is 12.3. The zero-order valence-electron chi connectivity index (χ0n) is 10.2. The second-order valence-electron chi connectivity index (χ2n) is 4.11. The van der Waals surface area contributed by atoms with E-state index in [-0.39, 0.29) is 12.6 Å². The lowest BCUT2D eigenvalue weighted by atomic mass is 10.2. The monoisotopic (exact) mass is 265 g/mol. The molecule has 0 bridgehead atoms. The molecular formula is C11H18F3N3O. The van der Waals surface area contributed by atoms with Gasteiger partial charge in [0.25, 0.3) is 0 Å². The first-order chi connectivity index (χ1) is 8.47. The first kappa shape index (κ1) is 15.0. The lowest BCUT2D eigenvalue weighted by Crippen LogP contribution is -2.34. The van der Waals surface area contributed by atoms with Gasteiger partial charge in [0, 0.05) is 18.8 Å². The Bertz CT molecular complexity index is 352. The number of aliphatic hydroxyl groups is 1. The third-order valence-corrected chi connectivity index (χ3v) is 2.57. The normalized spacial score (nSPS) is 13.8. The molecule has 2 N–H and O–H groups in total. The summed E-state index contributed by atoms with van der Waals surface area (Å²) >= 11 is 0. The molecular weight excluding hydrogens is 247 g/mol. The summed E-state index contributed by atoms with van der Waals surface area (Å²) in [6, 6.07) is -0.108. The van der Waals surface area contributed by atoms with Crippen molar-refractivity contribution < 1.29 is 18.3 Å². The molecule has 0 aliphatic heterocycles. The molecule has 4 nitrogen and oxygen atoms in total. The third kappa shape index (κ3) is 4.66. The molecule has 0 radical (unpaired) electrons. The lowest BCUT2D eigenvalue weighted by Gasteiger charge is -2.15. The number of aryl methyl sites for hydroxylation is 1. The van der Waals surface area contributed by atoms with E-state index in [1.807, 2.05) is 6.92 Å². The van der Waals surface area contributed by atoms with Crippen LogP contribution in [0.25, 0.3) is 0 Å². The zero-order chi connectivity index (χ0) is 13.6. The first-order valence-electron chi connectivity index (χ1n) is 5.91. The number of hydrogen-bond acceptors (Lipinski definition) is 3. The molecule has 1 heterocycles. The van der Waals surface area contributed by atoms with Crippen molar-refractivity contribution in [3.05, 3.63) is 18.0 Å². The van der Waals surface area contributed by atoms with Crippen LogP contribution in [0.15, 0.2) is 12.4 Å². The van der Waals surface area contributed by atoms with Crippen LogP contribution in [0.1, 0.15) is 25.3 Å². The van der Waals surface area contributed by atoms with E-state index in [0.29, 0.717) is 13.0 Å². The topological polar surface area (TPSA) is 50.1 Å². The van der Waals surface area contributed by atoms with Gasteiger partial charge in [-0.3, -0.25) is 4.68 Å². The Morgan fingerprint density at radius 3 is 2.72 bits per heavy atom. The van der Waals surface area contributed by atoms with Gasteiger partial charge in [0.1, 0.15) is 0 Å². The van der Waals surface area contributed by atoms with Gasteiger partial charge in [-0.15, -0.1) is 0 Å². The predicted octanol–water partition coefficient (Wildman–Crippen LogP) is 1.65. The van der Waals surface area contributed by atoms with E-state index < -0.39 is 11.7 Å². The molecule has 1 aromatic heterocycles. The molecule has 7 heteroatoms. The Morgan fingerprint density at radius 1 is 1.50 bits per heavy atom. The van der Waals surface area contributed by atoms with E-state index in [1.54, 1.807) is 0 Å². The van der Waals surface area contributed by atoms with Crippen LogP contribution in [-0.4, -0.2) is 34.1 Å². The van der Waals surface area contributed by atoms with Crippen molar-refractivity contribution in [2.75, 3.05) is 13.2 Å². The molecule has 1 unspecified atom stereocenters. The highest BCUT2D eigenvalue weighted by atomic mass is 19.4. The summed E-state index contributed by atoms with van der Waals surface area (Å²) in [7, 11) is 0. The predicted molar refractivity (Wildman–Crippen MR) is 61.0 cm³/mol. The van der Waals surface area contributed by atoms with Crippen LogP contribution in [0.2, 0.25) is 0 Å². The first-order valence-corrected chi connectivity index (χ1v) is 5.91. The molecule has 0 aromatic carbocycles. The fourth-order valence-corrected chi connectivity index (χ4v) is 1.53. The van der Waals surface area contributed by atoms with Crippen molar-refractivity contribution in [2.45, 2.75) is 38.5 Å². The number of nitrogens with zero attached hydrogens (tertiary/aromatic N) is 2. The summed E-state index contributed by atoms with van der Waals surface area (Å²) in [6.07, 6.45) is -1.08. The van der Waals surface area contributed by atoms with Crippen molar-refractivity contribution >= 4 is 0 Å². The molecule has 0 aliphatic rings. The van der Waals surface area contributed by atoms with Crippen LogP contribution in [0.4, 0.5) is 13.2 Å². The number of aromatic nitrogens is 2. The summed E-state index contributed by atoms with van der Waals surface area (Å²) in [6.45, 7) is 3.09. The van der Waals surface area contributed by atoms with Gasteiger partial charge in [0.15, 0.2) is 0 Å². The van der Waals surface area contributed by atoms with E-state index in [2.05, 4.69) is 10.4 Å². The van der Waals surface area contributed by atoms with Crippen molar-refractivity contribution in [2.24, 2.45) is 0 Å². The van der Waals surface area contributed by atoms with Crippen LogP contribution < -0.4 is 5.32 Å². The lowest BCUT2D eigenvalue weighted by molar-refractivity contribution is -0.137. The molecule has 0 saturated heterocycles. The van der Waals surface area contributed by atoms with Gasteiger partial charge >= 0.3 is 6.18 Å². The summed E-state index contributed by atoms with van der Waals surface area (Å²) in [5, 5.41) is 15.9. The number of alkyl halides is 3. The average Bonchev–Trinajstić information content (AvgIpc) is 2.78. The van der Waals surface area contributed by atoms with E-state index in [0.717, 1.165) is 25.4 Å². The minimum Gasteiger partial charge on any atom is -0.395 e. The van der Waals surface area contributed by atoms with Gasteiger partial charge in [-0.05, 0) is 19.4 Å². The van der Waals surface area contributed by atoms with E-state index >= 15 is 0 Å². The van der Waals surface area contributed by atoms with E-state index in [1.165, 1.54) is 4.68 Å². The average molecular weight is 265 g/mol. The Labute approximate surface area is 104 Å². The number of halogens is 3. The second-order valence-corrected chi connectivity index (χ2v) is 4.11. The molecule has 0 fully saturated rings. The third-order valence-electron chi connectivity index (χ3n) is 2.57. The Balaban J connectivity index is 2.45. The Hall–Kier alpha value is -1.08. The minimum atomic E-state index is -4.35. The van der Waals surface area contributed by atoms with Crippen molar-refractivity contribution in [3.8, 4) is 0 Å². The molecule has 0 saturated carbocycles. The van der Waals surface area contributed by atoms with Crippen LogP contribution in [-0.2, 0) is 12.7 Å². The van der Waals surface area contributed by atoms with Gasteiger partial charge in [0.05, 0.1) is 18.4 Å². The smallest absolute Gasteiger partial charge is 0.395 e. The Kier molecular flexibility index (Phi) is 5.61. The molecule has 18 heavy (non-hydrogen) atoms. The highest BCUT2D eigenvalue weighted by molar-refractivity contribution is 5.08. The van der Waals surface area contributed by atoms with Crippen LogP contribution in [0.3, 0.4) is 0 Å². The standard InChI is InChI=1S/C11H18F3N3O/c1-2-4-15-10(8-18)3-5-17-7-9(6-16-17)11(12,13)14/h6-7,10,15,18H,2-5,8H2,1H3. The fourth-order valence-electron chi connectivity index (χ4n) is 1.53. The molecule has 1 rings (SSSR count). The van der Waals surface area contributed by atoms with Crippen molar-refractivity contribution in [1.82, 2.24) is 15.1 Å². The maximum Gasteiger partial charge on any atom is 0.419 e. The van der Waals surface area contributed by atoms with Gasteiger partial charge in [-0.1, -0.05) is 6.92 Å². The quantitative estimate of drug-likeness (QED) is 0.788. The highest BCUT2D eigenvalue weighted by Gasteiger charge is 2.32. The number of aliphatic hydroxyl groups excluding tert-OH is 1. The van der Waals surface area contributed by atoms with Crippen LogP contribution in [0.5, 0.6) is 0 Å². The molecule has 1 atom stereocenters. The summed E-state index contributed by atoms with van der Waals surface area (Å²) in [4.78, 5) is 0. The van der Waals surface area contributed by atoms with Gasteiger partial charge in [-0.2, -0.15) is 18.3 Å². The van der Waals surface area contributed by atoms with Crippen molar-refractivity contribution in [3.63, 3.8) is 0 Å². The maximum atomic E-state index is 12.3. The van der Waals surface area contributed by atoms with Crippen molar-refractivity contribution in [1.29, 1.82) is 0 Å². The number of nitrogens with one attached hydrogen (secondary N) is 1. The molecule has 0 amide bonds. The van der Waals surface area contributed by atoms with Crippen LogP contribution in [0, 0.1) is 0 Å². The molecule has 0 aliphatic carbocycles. The summed E-state index contributed by atoms with van der Waals surface area (Å²) in [5.41, 5.74) is -0.746. The van der Waals surface area contributed by atoms with Gasteiger partial charge < -0.3 is 10.4 Å². The van der Waals surface area contributed by atoms with Gasteiger partial charge in [-0.25, -0.2) is 0 Å². The van der Waals surface area contributed by atoms with E-state index in [9.17, 15) is 13.2 Å². The Morgan fingerprint density at radius 2 is 2.22 bits per heavy atom. The SMILES string of the molecule is CCCNC(CO)CCn1cc(C(F)(F)F)cn1. The molecule has 1 aromatic rings. The summed E-state index contributed by atoms with van der Waals surface area (Å²) in [5.74, 6) is 0. The summed E-state index contributed by atoms with van der Waals surface area (Å²) < 4.78 is 38.2. The minimum absolute atomic E-state index is 0.0343. The number of hydrogen-bond donors (Lipinski definition) is 2. The largest absolute Gasteiger partial charge is 0.419 e. The second kappa shape index (κ2) is 6.75. The van der Waals surface area contributed by atoms with Gasteiger partial charge in [0.2, 0.25) is 0 Å². The van der Waals surface area contributed by atoms with E-state index in [4.69, 9.17) is 5.11 Å². The number of rotatable bonds is 7. The molecule has 104 valence electrons.